The van der Waals surface area contributed by atoms with E-state index in [1.54, 1.807) is 0 Å². The molecule has 0 amide bonds. The van der Waals surface area contributed by atoms with E-state index in [9.17, 15) is 4.39 Å². The van der Waals surface area contributed by atoms with Crippen LogP contribution in [0.15, 0.2) is 0 Å². The lowest BCUT2D eigenvalue weighted by Crippen LogP contribution is -1.96. The summed E-state index contributed by atoms with van der Waals surface area (Å²) in [5.41, 5.74) is 4.18. The second kappa shape index (κ2) is 1.17. The third kappa shape index (κ3) is 37.8. The molecule has 0 heterocycles. The van der Waals surface area contributed by atoms with Crippen molar-refractivity contribution in [3.05, 3.63) is 0 Å². The lowest BCUT2D eigenvalue weighted by Gasteiger charge is -1.59. The van der Waals surface area contributed by atoms with Crippen LogP contribution in [0.2, 0.25) is 0 Å². The summed E-state index contributed by atoms with van der Waals surface area (Å²) in [5.74, 6) is 0. The first-order valence-corrected chi connectivity index (χ1v) is 1.09. The highest BCUT2D eigenvalue weighted by molar-refractivity contribution is 7.79. The molecule has 0 aliphatic carbocycles. The molecular formula is CH2FNS. The van der Waals surface area contributed by atoms with Crippen molar-refractivity contribution in [3.8, 4) is 0 Å². The highest BCUT2D eigenvalue weighted by atomic mass is 32.1. The van der Waals surface area contributed by atoms with E-state index in [-0.39, 0.29) is 0 Å². The highest BCUT2D eigenvalue weighted by Crippen LogP contribution is 1.55. The molecule has 0 spiro atoms. The van der Waals surface area contributed by atoms with Crippen LogP contribution in [-0.2, 0) is 0 Å². The number of halogens is 1. The minimum atomic E-state index is -1.000. The van der Waals surface area contributed by atoms with Crippen LogP contribution in [0.25, 0.3) is 0 Å². The Kier molecular flexibility index (Phi) is 1.12. The summed E-state index contributed by atoms with van der Waals surface area (Å²) >= 11 is 3.65. The number of thiocarbonyl (C=S) groups is 1. The summed E-state index contributed by atoms with van der Waals surface area (Å²) in [6.07, 6.45) is 0. The van der Waals surface area contributed by atoms with Crippen LogP contribution in [0, 0.1) is 0 Å². The third-order valence-corrected chi connectivity index (χ3v) is 0. The molecule has 0 fully saturated rings. The average Bonchev–Trinajstić information content (AvgIpc) is 0.811. The molecule has 0 rings (SSSR count). The van der Waals surface area contributed by atoms with Crippen molar-refractivity contribution in [2.45, 2.75) is 0 Å². The number of hydrogen-bond donors (Lipinski definition) is 1. The molecule has 0 atom stereocenters. The molecule has 0 aromatic rings. The lowest BCUT2D eigenvalue weighted by atomic mass is 11.5. The van der Waals surface area contributed by atoms with Gasteiger partial charge in [-0.1, -0.05) is 0 Å². The van der Waals surface area contributed by atoms with E-state index in [2.05, 4.69) is 18.0 Å². The molecule has 4 heavy (non-hydrogen) atoms. The lowest BCUT2D eigenvalue weighted by molar-refractivity contribution is 0.816. The molecule has 2 N–H and O–H groups in total. The Morgan fingerprint density at radius 3 is 2.00 bits per heavy atom. The first-order chi connectivity index (χ1) is 1.73. The second-order valence-electron chi connectivity index (χ2n) is 0.304. The fraction of sp³-hybridized carbons (Fsp3) is 0. The normalized spacial score (nSPS) is 6.25. The molecule has 0 unspecified atom stereocenters. The molecule has 0 saturated heterocycles. The van der Waals surface area contributed by atoms with Gasteiger partial charge in [-0.05, 0) is 12.2 Å². The first-order valence-electron chi connectivity index (χ1n) is 0.682. The maximum atomic E-state index is 10.5. The minimum absolute atomic E-state index is 1.000. The van der Waals surface area contributed by atoms with Crippen molar-refractivity contribution >= 4 is 17.5 Å². The fourth-order valence-electron chi connectivity index (χ4n) is 0. The van der Waals surface area contributed by atoms with Crippen LogP contribution < -0.4 is 5.73 Å². The van der Waals surface area contributed by atoms with Gasteiger partial charge >= 0.3 is 0 Å². The van der Waals surface area contributed by atoms with Crippen LogP contribution in [0.4, 0.5) is 4.39 Å². The van der Waals surface area contributed by atoms with Gasteiger partial charge in [0.2, 0.25) is 5.24 Å². The van der Waals surface area contributed by atoms with Crippen LogP contribution in [0.5, 0.6) is 0 Å². The summed E-state index contributed by atoms with van der Waals surface area (Å²) in [4.78, 5) is 0. The van der Waals surface area contributed by atoms with Gasteiger partial charge in [0.25, 0.3) is 0 Å². The topological polar surface area (TPSA) is 26.0 Å². The Balaban J connectivity index is 2.80. The van der Waals surface area contributed by atoms with Crippen molar-refractivity contribution in [2.75, 3.05) is 0 Å². The smallest absolute Gasteiger partial charge is 0.250 e. The molecule has 0 aliphatic heterocycles. The number of nitrogens with two attached hydrogens (primary N) is 1. The zero-order valence-corrected chi connectivity index (χ0v) is 2.68. The largest absolute Gasteiger partial charge is 0.366 e. The maximum absolute atomic E-state index is 10.5. The van der Waals surface area contributed by atoms with Gasteiger partial charge < -0.3 is 5.73 Å². The fourth-order valence-corrected chi connectivity index (χ4v) is 0. The van der Waals surface area contributed by atoms with E-state index in [0.29, 0.717) is 0 Å². The van der Waals surface area contributed by atoms with Crippen molar-refractivity contribution < 1.29 is 4.39 Å². The van der Waals surface area contributed by atoms with Crippen LogP contribution in [0.1, 0.15) is 0 Å². The first kappa shape index (κ1) is 3.82. The van der Waals surface area contributed by atoms with Gasteiger partial charge in [-0.15, -0.1) is 0 Å². The molecule has 0 aromatic carbocycles. The number of hydrogen-bond acceptors (Lipinski definition) is 1. The third-order valence-electron chi connectivity index (χ3n) is 0. The summed E-state index contributed by atoms with van der Waals surface area (Å²) in [7, 11) is 0. The van der Waals surface area contributed by atoms with Gasteiger partial charge in [-0.25, -0.2) is 0 Å². The molecule has 0 saturated carbocycles. The van der Waals surface area contributed by atoms with Crippen molar-refractivity contribution in [3.63, 3.8) is 0 Å². The summed E-state index contributed by atoms with van der Waals surface area (Å²) in [5, 5.41) is -1.000. The van der Waals surface area contributed by atoms with Gasteiger partial charge in [0.15, 0.2) is 0 Å². The van der Waals surface area contributed by atoms with E-state index < -0.39 is 5.24 Å². The summed E-state index contributed by atoms with van der Waals surface area (Å²) in [6, 6.07) is 0. The molecule has 0 bridgehead atoms. The monoisotopic (exact) mass is 79.0 g/mol. The zero-order valence-electron chi connectivity index (χ0n) is 1.86. The predicted molar refractivity (Wildman–Crippen MR) is 17.9 cm³/mol. The van der Waals surface area contributed by atoms with Crippen molar-refractivity contribution in [1.29, 1.82) is 0 Å². The molecule has 3 heteroatoms. The maximum Gasteiger partial charge on any atom is 0.250 e. The molecule has 1 nitrogen and oxygen atoms in total. The highest BCUT2D eigenvalue weighted by Gasteiger charge is 1.62. The Labute approximate surface area is 28.6 Å². The van der Waals surface area contributed by atoms with E-state index in [4.69, 9.17) is 0 Å². The average molecular weight is 79.1 g/mol. The van der Waals surface area contributed by atoms with E-state index >= 15 is 0 Å². The molecule has 0 radical (unpaired) electrons. The summed E-state index contributed by atoms with van der Waals surface area (Å²) in [6.45, 7) is 0. The van der Waals surface area contributed by atoms with Crippen molar-refractivity contribution in [1.82, 2.24) is 0 Å². The molecule has 0 aliphatic rings. The van der Waals surface area contributed by atoms with Gasteiger partial charge in [0.05, 0.1) is 0 Å². The molecular weight excluding hydrogens is 77.1 g/mol. The van der Waals surface area contributed by atoms with Gasteiger partial charge in [0.1, 0.15) is 0 Å². The Bertz CT molecular complexity index is 31.0. The van der Waals surface area contributed by atoms with E-state index in [1.165, 1.54) is 0 Å². The second-order valence-corrected chi connectivity index (χ2v) is 0.694. The van der Waals surface area contributed by atoms with Crippen LogP contribution >= 0.6 is 12.2 Å². The van der Waals surface area contributed by atoms with E-state index in [0.717, 1.165) is 0 Å². The van der Waals surface area contributed by atoms with Gasteiger partial charge in [0, 0.05) is 0 Å². The minimum Gasteiger partial charge on any atom is -0.366 e. The standard InChI is InChI=1S/CH2FNS/c2-1(3)4/h(H2,3,4). The predicted octanol–water partition coefficient (Wildman–Crippen LogP) is 0.200. The van der Waals surface area contributed by atoms with Gasteiger partial charge in [-0.3, -0.25) is 0 Å². The van der Waals surface area contributed by atoms with Crippen LogP contribution in [-0.4, -0.2) is 5.24 Å². The quantitative estimate of drug-likeness (QED) is 0.255. The SMILES string of the molecule is NC(F)=S. The zero-order chi connectivity index (χ0) is 3.58. The van der Waals surface area contributed by atoms with Crippen LogP contribution in [0.3, 0.4) is 0 Å². The number of rotatable bonds is 0. The van der Waals surface area contributed by atoms with E-state index in [1.807, 2.05) is 0 Å². The molecule has 0 aromatic heterocycles. The van der Waals surface area contributed by atoms with Crippen molar-refractivity contribution in [2.24, 2.45) is 5.73 Å². The molecule has 24 valence electrons. The Morgan fingerprint density at radius 1 is 2.00 bits per heavy atom. The summed E-state index contributed by atoms with van der Waals surface area (Å²) < 4.78 is 10.5. The Morgan fingerprint density at radius 2 is 2.00 bits per heavy atom. The van der Waals surface area contributed by atoms with Gasteiger partial charge in [-0.2, -0.15) is 4.39 Å². The Hall–Kier alpha value is -0.180.